The van der Waals surface area contributed by atoms with Gasteiger partial charge in [-0.25, -0.2) is 0 Å². The van der Waals surface area contributed by atoms with Crippen molar-refractivity contribution in [2.24, 2.45) is 5.92 Å². The first kappa shape index (κ1) is 15.9. The zero-order valence-electron chi connectivity index (χ0n) is 14.3. The first-order valence-corrected chi connectivity index (χ1v) is 8.91. The number of rotatable bonds is 2. The third-order valence-electron chi connectivity index (χ3n) is 5.06. The zero-order valence-corrected chi connectivity index (χ0v) is 14.3. The molecule has 2 aromatic carbocycles. The van der Waals surface area contributed by atoms with Crippen molar-refractivity contribution in [3.63, 3.8) is 0 Å². The molecule has 0 unspecified atom stereocenters. The van der Waals surface area contributed by atoms with Crippen LogP contribution < -0.4 is 0 Å². The maximum absolute atomic E-state index is 3.51. The molecule has 0 heterocycles. The van der Waals surface area contributed by atoms with Gasteiger partial charge in [0.25, 0.3) is 0 Å². The highest BCUT2D eigenvalue weighted by Gasteiger charge is 2.20. The summed E-state index contributed by atoms with van der Waals surface area (Å²) in [5.74, 6) is 8.19. The first-order chi connectivity index (χ1) is 11.2. The lowest BCUT2D eigenvalue weighted by Gasteiger charge is -2.26. The van der Waals surface area contributed by atoms with Crippen LogP contribution in [0.25, 0.3) is 0 Å². The SMILES string of the molecule is CCc1ccc(C#CC2CCC(c3ccc(C)cc3)CC2)cc1. The lowest BCUT2D eigenvalue weighted by Crippen LogP contribution is -2.12. The average molecular weight is 302 g/mol. The largest absolute Gasteiger partial charge is 0.0945 e. The molecule has 0 amide bonds. The molecular weight excluding hydrogens is 276 g/mol. The van der Waals surface area contributed by atoms with Crippen molar-refractivity contribution in [2.75, 3.05) is 0 Å². The van der Waals surface area contributed by atoms with E-state index in [2.05, 4.69) is 74.2 Å². The number of hydrogen-bond acceptors (Lipinski definition) is 0. The molecule has 1 fully saturated rings. The van der Waals surface area contributed by atoms with Crippen molar-refractivity contribution in [3.8, 4) is 11.8 Å². The van der Waals surface area contributed by atoms with E-state index in [1.54, 1.807) is 0 Å². The normalized spacial score (nSPS) is 20.6. The Morgan fingerprint density at radius 3 is 2.13 bits per heavy atom. The van der Waals surface area contributed by atoms with E-state index >= 15 is 0 Å². The summed E-state index contributed by atoms with van der Waals surface area (Å²) >= 11 is 0. The molecule has 3 rings (SSSR count). The molecule has 1 saturated carbocycles. The fourth-order valence-corrected chi connectivity index (χ4v) is 3.42. The van der Waals surface area contributed by atoms with E-state index in [1.165, 1.54) is 42.4 Å². The molecule has 0 heteroatoms. The third kappa shape index (κ3) is 4.26. The molecule has 0 bridgehead atoms. The van der Waals surface area contributed by atoms with Crippen LogP contribution in [0.3, 0.4) is 0 Å². The minimum absolute atomic E-state index is 0.572. The van der Waals surface area contributed by atoms with Gasteiger partial charge in [-0.1, -0.05) is 60.7 Å². The molecule has 0 radical (unpaired) electrons. The molecule has 118 valence electrons. The summed E-state index contributed by atoms with van der Waals surface area (Å²) in [6.07, 6.45) is 6.11. The minimum atomic E-state index is 0.572. The summed E-state index contributed by atoms with van der Waals surface area (Å²) in [6, 6.07) is 17.8. The molecule has 23 heavy (non-hydrogen) atoms. The third-order valence-corrected chi connectivity index (χ3v) is 5.06. The Morgan fingerprint density at radius 2 is 1.52 bits per heavy atom. The summed E-state index contributed by atoms with van der Waals surface area (Å²) in [6.45, 7) is 4.34. The van der Waals surface area contributed by atoms with Gasteiger partial charge in [0.2, 0.25) is 0 Å². The number of benzene rings is 2. The van der Waals surface area contributed by atoms with E-state index in [9.17, 15) is 0 Å². The van der Waals surface area contributed by atoms with Crippen LogP contribution in [0.15, 0.2) is 48.5 Å². The van der Waals surface area contributed by atoms with E-state index in [-0.39, 0.29) is 0 Å². The monoisotopic (exact) mass is 302 g/mol. The summed E-state index contributed by atoms with van der Waals surface area (Å²) in [5.41, 5.74) is 5.40. The van der Waals surface area contributed by atoms with Crippen LogP contribution in [0.1, 0.15) is 60.8 Å². The topological polar surface area (TPSA) is 0 Å². The molecule has 0 saturated heterocycles. The van der Waals surface area contributed by atoms with Gasteiger partial charge in [0.05, 0.1) is 0 Å². The van der Waals surface area contributed by atoms with Gasteiger partial charge in [-0.15, -0.1) is 0 Å². The highest BCUT2D eigenvalue weighted by atomic mass is 14.2. The molecule has 0 atom stereocenters. The van der Waals surface area contributed by atoms with Crippen molar-refractivity contribution in [2.45, 2.75) is 51.9 Å². The maximum Gasteiger partial charge on any atom is 0.0245 e. The van der Waals surface area contributed by atoms with E-state index in [4.69, 9.17) is 0 Å². The highest BCUT2D eigenvalue weighted by Crippen LogP contribution is 2.35. The zero-order chi connectivity index (χ0) is 16.1. The molecule has 0 aliphatic heterocycles. The van der Waals surface area contributed by atoms with E-state index in [0.29, 0.717) is 5.92 Å². The second-order valence-electron chi connectivity index (χ2n) is 6.78. The maximum atomic E-state index is 3.51. The molecule has 0 aromatic heterocycles. The van der Waals surface area contributed by atoms with Crippen LogP contribution >= 0.6 is 0 Å². The van der Waals surface area contributed by atoms with Gasteiger partial charge in [0.1, 0.15) is 0 Å². The first-order valence-electron chi connectivity index (χ1n) is 8.91. The molecule has 0 nitrogen and oxygen atoms in total. The van der Waals surface area contributed by atoms with Crippen LogP contribution in [0.4, 0.5) is 0 Å². The Bertz CT molecular complexity index is 672. The molecule has 1 aliphatic carbocycles. The van der Waals surface area contributed by atoms with E-state index in [1.807, 2.05) is 0 Å². The molecule has 1 aliphatic rings. The highest BCUT2D eigenvalue weighted by molar-refractivity contribution is 5.36. The Kier molecular flexibility index (Phi) is 5.19. The average Bonchev–Trinajstić information content (AvgIpc) is 2.61. The van der Waals surface area contributed by atoms with Gasteiger partial charge < -0.3 is 0 Å². The quantitative estimate of drug-likeness (QED) is 0.607. The van der Waals surface area contributed by atoms with Crippen molar-refractivity contribution in [1.82, 2.24) is 0 Å². The van der Waals surface area contributed by atoms with Gasteiger partial charge in [-0.3, -0.25) is 0 Å². The Hall–Kier alpha value is -2.00. The van der Waals surface area contributed by atoms with Gasteiger partial charge in [-0.2, -0.15) is 0 Å². The van der Waals surface area contributed by atoms with Crippen LogP contribution in [0.5, 0.6) is 0 Å². The second-order valence-corrected chi connectivity index (χ2v) is 6.78. The Labute approximate surface area is 140 Å². The van der Waals surface area contributed by atoms with Gasteiger partial charge in [-0.05, 0) is 68.2 Å². The summed E-state index contributed by atoms with van der Waals surface area (Å²) in [4.78, 5) is 0. The molecular formula is C23H26. The fraction of sp³-hybridized carbons (Fsp3) is 0.391. The van der Waals surface area contributed by atoms with Crippen LogP contribution in [-0.4, -0.2) is 0 Å². The lowest BCUT2D eigenvalue weighted by molar-refractivity contribution is 0.384. The predicted octanol–water partition coefficient (Wildman–Crippen LogP) is 5.88. The molecule has 0 N–H and O–H groups in total. The number of hydrogen-bond donors (Lipinski definition) is 0. The standard InChI is InChI=1S/C23H26/c1-3-19-6-8-20(9-7-19)10-11-21-12-16-23(17-13-21)22-14-4-18(2)5-15-22/h4-9,14-15,21,23H,3,12-13,16-17H2,1-2H3. The minimum Gasteiger partial charge on any atom is -0.0945 e. The second kappa shape index (κ2) is 7.51. The van der Waals surface area contributed by atoms with Gasteiger partial charge in [0, 0.05) is 11.5 Å². The van der Waals surface area contributed by atoms with E-state index < -0.39 is 0 Å². The van der Waals surface area contributed by atoms with Gasteiger partial charge >= 0.3 is 0 Å². The Balaban J connectivity index is 1.56. The van der Waals surface area contributed by atoms with Crippen molar-refractivity contribution in [1.29, 1.82) is 0 Å². The van der Waals surface area contributed by atoms with Crippen LogP contribution in [-0.2, 0) is 6.42 Å². The van der Waals surface area contributed by atoms with Crippen molar-refractivity contribution in [3.05, 3.63) is 70.8 Å². The summed E-state index contributed by atoms with van der Waals surface area (Å²) < 4.78 is 0. The predicted molar refractivity (Wildman–Crippen MR) is 98.6 cm³/mol. The molecule has 2 aromatic rings. The van der Waals surface area contributed by atoms with Crippen LogP contribution in [0.2, 0.25) is 0 Å². The van der Waals surface area contributed by atoms with Crippen molar-refractivity contribution < 1.29 is 0 Å². The van der Waals surface area contributed by atoms with E-state index in [0.717, 1.165) is 17.9 Å². The molecule has 0 spiro atoms. The smallest absolute Gasteiger partial charge is 0.0245 e. The lowest BCUT2D eigenvalue weighted by atomic mass is 9.79. The summed E-state index contributed by atoms with van der Waals surface area (Å²) in [7, 11) is 0. The van der Waals surface area contributed by atoms with Crippen molar-refractivity contribution >= 4 is 0 Å². The van der Waals surface area contributed by atoms with Crippen LogP contribution in [0, 0.1) is 24.7 Å². The number of aryl methyl sites for hydroxylation is 2. The van der Waals surface area contributed by atoms with Gasteiger partial charge in [0.15, 0.2) is 0 Å². The Morgan fingerprint density at radius 1 is 0.870 bits per heavy atom. The summed E-state index contributed by atoms with van der Waals surface area (Å²) in [5, 5.41) is 0. The fourth-order valence-electron chi connectivity index (χ4n) is 3.42.